The van der Waals surface area contributed by atoms with E-state index in [9.17, 15) is 0 Å². The third-order valence-corrected chi connectivity index (χ3v) is 4.00. The smallest absolute Gasteiger partial charge is 0.131 e. The molecule has 0 amide bonds. The van der Waals surface area contributed by atoms with Gasteiger partial charge in [0.05, 0.1) is 0 Å². The first-order chi connectivity index (χ1) is 9.74. The molecule has 0 N–H and O–H groups in total. The fourth-order valence-electron chi connectivity index (χ4n) is 2.55. The predicted octanol–water partition coefficient (Wildman–Crippen LogP) is 2.87. The summed E-state index contributed by atoms with van der Waals surface area (Å²) in [6, 6.07) is 8.18. The normalized spacial score (nSPS) is 15.5. The number of pyridine rings is 2. The lowest BCUT2D eigenvalue weighted by Crippen LogP contribution is -2.47. The van der Waals surface area contributed by atoms with Crippen LogP contribution in [0.4, 0.5) is 11.6 Å². The molecule has 1 aliphatic rings. The van der Waals surface area contributed by atoms with Gasteiger partial charge in [-0.1, -0.05) is 6.07 Å². The maximum atomic E-state index is 4.54. The summed E-state index contributed by atoms with van der Waals surface area (Å²) >= 11 is 3.46. The minimum absolute atomic E-state index is 0.978. The number of hydrogen-bond acceptors (Lipinski definition) is 4. The molecular weight excluding hydrogens is 316 g/mol. The van der Waals surface area contributed by atoms with Crippen molar-refractivity contribution in [3.05, 3.63) is 46.7 Å². The summed E-state index contributed by atoms with van der Waals surface area (Å²) in [5.41, 5.74) is 1.21. The van der Waals surface area contributed by atoms with Gasteiger partial charge in [-0.05, 0) is 46.6 Å². The Morgan fingerprint density at radius 3 is 2.45 bits per heavy atom. The highest BCUT2D eigenvalue weighted by Gasteiger charge is 2.19. The number of hydrogen-bond donors (Lipinski definition) is 0. The van der Waals surface area contributed by atoms with Gasteiger partial charge in [-0.3, -0.25) is 0 Å². The minimum atomic E-state index is 0.978. The van der Waals surface area contributed by atoms with Crippen molar-refractivity contribution in [3.63, 3.8) is 0 Å². The van der Waals surface area contributed by atoms with E-state index in [0.29, 0.717) is 0 Å². The summed E-state index contributed by atoms with van der Waals surface area (Å²) in [6.45, 7) is 6.03. The molecule has 104 valence electrons. The van der Waals surface area contributed by atoms with Crippen LogP contribution in [0.25, 0.3) is 0 Å². The quantitative estimate of drug-likeness (QED) is 0.846. The number of nitrogens with zero attached hydrogens (tertiary/aromatic N) is 4. The summed E-state index contributed by atoms with van der Waals surface area (Å²) in [5, 5.41) is 0. The van der Waals surface area contributed by atoms with Crippen molar-refractivity contribution in [2.24, 2.45) is 0 Å². The fraction of sp³-hybridized carbons (Fsp3) is 0.333. The summed E-state index contributed by atoms with van der Waals surface area (Å²) in [7, 11) is 0. The van der Waals surface area contributed by atoms with Gasteiger partial charge in [-0.15, -0.1) is 0 Å². The SMILES string of the molecule is Cc1cc(Br)cnc1N1CCN(c2ccccn2)CC1. The molecule has 0 saturated carbocycles. The van der Waals surface area contributed by atoms with Crippen molar-refractivity contribution in [2.45, 2.75) is 6.92 Å². The second kappa shape index (κ2) is 5.79. The molecule has 1 fully saturated rings. The lowest BCUT2D eigenvalue weighted by Gasteiger charge is -2.36. The number of anilines is 2. The Morgan fingerprint density at radius 2 is 1.80 bits per heavy atom. The molecule has 1 aliphatic heterocycles. The van der Waals surface area contributed by atoms with E-state index in [1.807, 2.05) is 24.5 Å². The molecule has 0 unspecified atom stereocenters. The van der Waals surface area contributed by atoms with Crippen LogP contribution in [0, 0.1) is 6.92 Å². The minimum Gasteiger partial charge on any atom is -0.353 e. The van der Waals surface area contributed by atoms with E-state index in [1.165, 1.54) is 5.56 Å². The van der Waals surface area contributed by atoms with Crippen LogP contribution in [0.3, 0.4) is 0 Å². The van der Waals surface area contributed by atoms with E-state index >= 15 is 0 Å². The Kier molecular flexibility index (Phi) is 3.87. The van der Waals surface area contributed by atoms with Crippen LogP contribution >= 0.6 is 15.9 Å². The van der Waals surface area contributed by atoms with Gasteiger partial charge in [-0.25, -0.2) is 9.97 Å². The molecule has 20 heavy (non-hydrogen) atoms. The van der Waals surface area contributed by atoms with Gasteiger partial charge in [0.2, 0.25) is 0 Å². The van der Waals surface area contributed by atoms with Gasteiger partial charge in [0.25, 0.3) is 0 Å². The summed E-state index contributed by atoms with van der Waals surface area (Å²) in [6.07, 6.45) is 3.72. The largest absolute Gasteiger partial charge is 0.353 e. The number of piperazine rings is 1. The van der Waals surface area contributed by atoms with Crippen LogP contribution < -0.4 is 9.80 Å². The second-order valence-corrected chi connectivity index (χ2v) is 5.87. The highest BCUT2D eigenvalue weighted by Crippen LogP contribution is 2.22. The van der Waals surface area contributed by atoms with Crippen LogP contribution in [0.2, 0.25) is 0 Å². The van der Waals surface area contributed by atoms with Crippen molar-refractivity contribution in [1.29, 1.82) is 0 Å². The average molecular weight is 333 g/mol. The van der Waals surface area contributed by atoms with E-state index in [-0.39, 0.29) is 0 Å². The second-order valence-electron chi connectivity index (χ2n) is 4.96. The predicted molar refractivity (Wildman–Crippen MR) is 85.3 cm³/mol. The van der Waals surface area contributed by atoms with E-state index in [4.69, 9.17) is 0 Å². The fourth-order valence-corrected chi connectivity index (χ4v) is 3.00. The highest BCUT2D eigenvalue weighted by atomic mass is 79.9. The van der Waals surface area contributed by atoms with Crippen LogP contribution in [0.1, 0.15) is 5.56 Å². The van der Waals surface area contributed by atoms with Gasteiger partial charge in [0, 0.05) is 43.0 Å². The molecule has 5 heteroatoms. The van der Waals surface area contributed by atoms with Gasteiger partial charge < -0.3 is 9.80 Å². The molecule has 4 nitrogen and oxygen atoms in total. The topological polar surface area (TPSA) is 32.3 Å². The Bertz CT molecular complexity index is 580. The standard InChI is InChI=1S/C15H17BrN4/c1-12-10-13(16)11-18-15(12)20-8-6-19(7-9-20)14-4-2-3-5-17-14/h2-5,10-11H,6-9H2,1H3. The highest BCUT2D eigenvalue weighted by molar-refractivity contribution is 9.10. The summed E-state index contributed by atoms with van der Waals surface area (Å²) in [4.78, 5) is 13.6. The zero-order valence-electron chi connectivity index (χ0n) is 11.5. The van der Waals surface area contributed by atoms with Crippen LogP contribution in [0.5, 0.6) is 0 Å². The van der Waals surface area contributed by atoms with Gasteiger partial charge in [-0.2, -0.15) is 0 Å². The molecular formula is C15H17BrN4. The van der Waals surface area contributed by atoms with E-state index in [1.54, 1.807) is 0 Å². The first-order valence-electron chi connectivity index (χ1n) is 6.77. The molecule has 3 heterocycles. The Morgan fingerprint density at radius 1 is 1.05 bits per heavy atom. The van der Waals surface area contributed by atoms with E-state index in [2.05, 4.69) is 54.8 Å². The number of aromatic nitrogens is 2. The van der Waals surface area contributed by atoms with Crippen molar-refractivity contribution in [2.75, 3.05) is 36.0 Å². The molecule has 0 aromatic carbocycles. The van der Waals surface area contributed by atoms with Crippen LogP contribution in [-0.4, -0.2) is 36.1 Å². The zero-order chi connectivity index (χ0) is 13.9. The first-order valence-corrected chi connectivity index (χ1v) is 7.56. The summed E-state index contributed by atoms with van der Waals surface area (Å²) < 4.78 is 1.03. The monoisotopic (exact) mass is 332 g/mol. The number of halogens is 1. The molecule has 3 rings (SSSR count). The Balaban J connectivity index is 1.69. The van der Waals surface area contributed by atoms with Crippen molar-refractivity contribution < 1.29 is 0 Å². The maximum absolute atomic E-state index is 4.54. The third-order valence-electron chi connectivity index (χ3n) is 3.57. The Labute approximate surface area is 127 Å². The lowest BCUT2D eigenvalue weighted by molar-refractivity contribution is 0.640. The van der Waals surface area contributed by atoms with Gasteiger partial charge in [0.15, 0.2) is 0 Å². The first kappa shape index (κ1) is 13.4. The maximum Gasteiger partial charge on any atom is 0.131 e. The molecule has 2 aromatic rings. The zero-order valence-corrected chi connectivity index (χ0v) is 13.0. The molecule has 0 aliphatic carbocycles. The molecule has 1 saturated heterocycles. The van der Waals surface area contributed by atoms with Crippen LogP contribution in [0.15, 0.2) is 41.1 Å². The van der Waals surface area contributed by atoms with Gasteiger partial charge >= 0.3 is 0 Å². The number of rotatable bonds is 2. The molecule has 2 aromatic heterocycles. The molecule has 0 atom stereocenters. The Hall–Kier alpha value is -1.62. The van der Waals surface area contributed by atoms with E-state index in [0.717, 1.165) is 42.3 Å². The number of aryl methyl sites for hydroxylation is 1. The lowest BCUT2D eigenvalue weighted by atomic mass is 10.2. The van der Waals surface area contributed by atoms with Crippen molar-refractivity contribution >= 4 is 27.6 Å². The summed E-state index contributed by atoms with van der Waals surface area (Å²) in [5.74, 6) is 2.15. The van der Waals surface area contributed by atoms with Gasteiger partial charge in [0.1, 0.15) is 11.6 Å². The molecule has 0 spiro atoms. The molecule has 0 radical (unpaired) electrons. The average Bonchev–Trinajstić information content (AvgIpc) is 2.48. The molecule has 0 bridgehead atoms. The van der Waals surface area contributed by atoms with Crippen molar-refractivity contribution in [3.8, 4) is 0 Å². The third kappa shape index (κ3) is 2.77. The van der Waals surface area contributed by atoms with Crippen molar-refractivity contribution in [1.82, 2.24) is 9.97 Å². The van der Waals surface area contributed by atoms with Crippen LogP contribution in [-0.2, 0) is 0 Å². The van der Waals surface area contributed by atoms with E-state index < -0.39 is 0 Å².